The number of phenols is 1. The Morgan fingerprint density at radius 3 is 2.59 bits per heavy atom. The second kappa shape index (κ2) is 10.6. The molecule has 4 rings (SSSR count). The summed E-state index contributed by atoms with van der Waals surface area (Å²) in [7, 11) is 0. The normalized spacial score (nSPS) is 11.3. The molecule has 1 aromatic carbocycles. The van der Waals surface area contributed by atoms with Crippen molar-refractivity contribution in [1.29, 1.82) is 5.26 Å². The molecular formula is C24H19N5O6S2. The van der Waals surface area contributed by atoms with Crippen LogP contribution in [-0.4, -0.2) is 46.7 Å². The second-order valence-electron chi connectivity index (χ2n) is 7.30. The summed E-state index contributed by atoms with van der Waals surface area (Å²) >= 11 is 2.10. The van der Waals surface area contributed by atoms with Crippen molar-refractivity contribution < 1.29 is 29.0 Å². The van der Waals surface area contributed by atoms with Crippen molar-refractivity contribution in [1.82, 2.24) is 4.98 Å². The fraction of sp³-hybridized carbons (Fsp3) is 0.167. The van der Waals surface area contributed by atoms with Crippen molar-refractivity contribution in [2.24, 2.45) is 5.10 Å². The van der Waals surface area contributed by atoms with E-state index < -0.39 is 23.4 Å². The summed E-state index contributed by atoms with van der Waals surface area (Å²) < 4.78 is 10.5. The van der Waals surface area contributed by atoms with Gasteiger partial charge in [-0.2, -0.15) is 10.4 Å². The largest absolute Gasteiger partial charge is 0.506 e. The topological polar surface area (TPSA) is 177 Å². The van der Waals surface area contributed by atoms with Gasteiger partial charge in [-0.05, 0) is 32.0 Å². The van der Waals surface area contributed by atoms with Gasteiger partial charge in [0.05, 0.1) is 34.0 Å². The number of nitrogen functional groups attached to an aromatic ring is 1. The van der Waals surface area contributed by atoms with E-state index >= 15 is 0 Å². The van der Waals surface area contributed by atoms with E-state index in [0.717, 1.165) is 22.7 Å². The number of ether oxygens (including phenoxy) is 2. The number of nitrogens with zero attached hydrogens (tertiary/aromatic N) is 3. The number of fused-ring (bicyclic) bond motifs is 2. The van der Waals surface area contributed by atoms with E-state index in [1.165, 1.54) is 18.3 Å². The lowest BCUT2D eigenvalue weighted by Gasteiger charge is -2.07. The van der Waals surface area contributed by atoms with Gasteiger partial charge in [-0.3, -0.25) is 15.2 Å². The Labute approximate surface area is 217 Å². The highest BCUT2D eigenvalue weighted by Gasteiger charge is 2.28. The fourth-order valence-electron chi connectivity index (χ4n) is 3.51. The highest BCUT2D eigenvalue weighted by molar-refractivity contribution is 7.40. The van der Waals surface area contributed by atoms with Crippen LogP contribution in [0.4, 0.5) is 11.4 Å². The number of carbonyl (C=O) groups is 3. The van der Waals surface area contributed by atoms with Crippen molar-refractivity contribution >= 4 is 77.8 Å². The monoisotopic (exact) mass is 537 g/mol. The molecule has 0 fully saturated rings. The van der Waals surface area contributed by atoms with Crippen LogP contribution >= 0.6 is 22.7 Å². The lowest BCUT2D eigenvalue weighted by Crippen LogP contribution is -2.17. The molecule has 0 aliphatic heterocycles. The van der Waals surface area contributed by atoms with Crippen LogP contribution in [0.5, 0.6) is 5.75 Å². The third kappa shape index (κ3) is 4.67. The summed E-state index contributed by atoms with van der Waals surface area (Å²) in [5.41, 5.74) is 9.17. The minimum atomic E-state index is -0.941. The molecule has 0 aliphatic rings. The predicted octanol–water partition coefficient (Wildman–Crippen LogP) is 4.06. The Hall–Kier alpha value is -4.54. The van der Waals surface area contributed by atoms with Crippen LogP contribution in [-0.2, 0) is 14.3 Å². The number of nitrogens with one attached hydrogen (secondary N) is 1. The molecule has 0 amide bonds. The van der Waals surface area contributed by atoms with Gasteiger partial charge in [0.25, 0.3) is 0 Å². The first-order valence-electron chi connectivity index (χ1n) is 10.9. The molecule has 0 spiro atoms. The quantitative estimate of drug-likeness (QED) is 0.128. The van der Waals surface area contributed by atoms with Crippen LogP contribution in [0.2, 0.25) is 0 Å². The molecule has 4 aromatic rings. The van der Waals surface area contributed by atoms with E-state index in [1.54, 1.807) is 32.0 Å². The van der Waals surface area contributed by atoms with Gasteiger partial charge < -0.3 is 20.3 Å². The van der Waals surface area contributed by atoms with Crippen LogP contribution in [0.1, 0.15) is 38.8 Å². The maximum Gasteiger partial charge on any atom is 0.369 e. The van der Waals surface area contributed by atoms with Crippen LogP contribution < -0.4 is 11.2 Å². The average Bonchev–Trinajstić information content (AvgIpc) is 3.41. The van der Waals surface area contributed by atoms with E-state index in [0.29, 0.717) is 14.8 Å². The molecule has 11 nitrogen and oxygen atoms in total. The number of nitrogens with two attached hydrogens (primary N) is 1. The molecule has 13 heteroatoms. The number of aromatic hydroxyl groups is 1. The van der Waals surface area contributed by atoms with Crippen molar-refractivity contribution in [3.05, 3.63) is 45.8 Å². The Bertz CT molecular complexity index is 1630. The zero-order valence-corrected chi connectivity index (χ0v) is 21.2. The number of rotatable bonds is 8. The molecule has 0 saturated carbocycles. The van der Waals surface area contributed by atoms with Gasteiger partial charge >= 0.3 is 11.9 Å². The number of hydrazone groups is 1. The number of pyridine rings is 1. The molecule has 0 radical (unpaired) electrons. The number of aromatic nitrogens is 1. The zero-order valence-electron chi connectivity index (χ0n) is 19.5. The highest BCUT2D eigenvalue weighted by atomic mass is 32.2. The number of esters is 2. The second-order valence-corrected chi connectivity index (χ2v) is 9.60. The lowest BCUT2D eigenvalue weighted by molar-refractivity contribution is -0.134. The Morgan fingerprint density at radius 1 is 1.16 bits per heavy atom. The number of thiophene rings is 2. The molecule has 188 valence electrons. The molecular weight excluding hydrogens is 518 g/mol. The number of ketones is 1. The first-order chi connectivity index (χ1) is 17.8. The molecule has 0 aliphatic carbocycles. The molecule has 0 unspecified atom stereocenters. The molecule has 4 N–H and O–H groups in total. The maximum atomic E-state index is 13.5. The van der Waals surface area contributed by atoms with Crippen molar-refractivity contribution in [2.75, 3.05) is 24.4 Å². The van der Waals surface area contributed by atoms with Crippen molar-refractivity contribution in [3.63, 3.8) is 0 Å². The summed E-state index contributed by atoms with van der Waals surface area (Å²) in [6.07, 6.45) is 1.51. The molecule has 0 bridgehead atoms. The summed E-state index contributed by atoms with van der Waals surface area (Å²) in [6, 6.07) is 7.83. The van der Waals surface area contributed by atoms with Gasteiger partial charge in [-0.25, -0.2) is 9.59 Å². The Kier molecular flexibility index (Phi) is 7.32. The summed E-state index contributed by atoms with van der Waals surface area (Å²) in [4.78, 5) is 42.6. The summed E-state index contributed by atoms with van der Waals surface area (Å²) in [6.45, 7) is 3.39. The minimum Gasteiger partial charge on any atom is -0.506 e. The van der Waals surface area contributed by atoms with Gasteiger partial charge in [0.2, 0.25) is 11.5 Å². The molecule has 3 heterocycles. The van der Waals surface area contributed by atoms with Crippen molar-refractivity contribution in [3.8, 4) is 11.8 Å². The molecule has 3 aromatic heterocycles. The van der Waals surface area contributed by atoms with Gasteiger partial charge in [0, 0.05) is 17.1 Å². The Balaban J connectivity index is 1.85. The third-order valence-corrected chi connectivity index (χ3v) is 7.56. The van der Waals surface area contributed by atoms with Crippen LogP contribution in [0.15, 0.2) is 35.6 Å². The maximum absolute atomic E-state index is 13.5. The van der Waals surface area contributed by atoms with Gasteiger partial charge in [-0.1, -0.05) is 6.07 Å². The average molecular weight is 538 g/mol. The van der Waals surface area contributed by atoms with Crippen LogP contribution in [0.3, 0.4) is 0 Å². The molecule has 0 atom stereocenters. The first kappa shape index (κ1) is 25.5. The number of phenolic OH excluding ortho intramolecular Hbond substituents is 1. The van der Waals surface area contributed by atoms with Gasteiger partial charge in [0.15, 0.2) is 0 Å². The first-order valence-corrected chi connectivity index (χ1v) is 12.5. The number of anilines is 2. The minimum absolute atomic E-state index is 0.0424. The van der Waals surface area contributed by atoms with Crippen LogP contribution in [0, 0.1) is 11.3 Å². The fourth-order valence-corrected chi connectivity index (χ4v) is 5.98. The number of hydrogen-bond acceptors (Lipinski definition) is 13. The number of benzene rings is 1. The van der Waals surface area contributed by atoms with E-state index in [1.807, 2.05) is 0 Å². The molecule has 0 saturated heterocycles. The lowest BCUT2D eigenvalue weighted by atomic mass is 10.0. The number of carbonyl (C=O) groups excluding carboxylic acids is 3. The standard InChI is InChI=1S/C24H19N5O6S2/c1-3-34-22(32)13(10-25)28-29-18-15-16(26)20(36-24(15)37-21(18)23(33)35-4-2)19(31)12-7-8-14(30)17-11(12)6-5-9-27-17/h5-9,29-30H,3-4,26H2,1-2H3/b28-13+. The van der Waals surface area contributed by atoms with Crippen molar-refractivity contribution in [2.45, 2.75) is 13.8 Å². The predicted molar refractivity (Wildman–Crippen MR) is 140 cm³/mol. The van der Waals surface area contributed by atoms with Gasteiger partial charge in [-0.15, -0.1) is 22.7 Å². The van der Waals surface area contributed by atoms with E-state index in [9.17, 15) is 24.8 Å². The summed E-state index contributed by atoms with van der Waals surface area (Å²) in [5.74, 6) is -2.07. The Morgan fingerprint density at radius 2 is 1.89 bits per heavy atom. The van der Waals surface area contributed by atoms with E-state index in [-0.39, 0.29) is 51.2 Å². The van der Waals surface area contributed by atoms with E-state index in [2.05, 4.69) is 15.5 Å². The third-order valence-electron chi connectivity index (χ3n) is 5.10. The van der Waals surface area contributed by atoms with Crippen LogP contribution in [0.25, 0.3) is 20.3 Å². The SMILES string of the molecule is CCOC(=O)/C(C#N)=N/Nc1c(C(=O)OCC)sc2sc(C(=O)c3ccc(O)c4ncccc34)c(N)c12. The number of hydrogen-bond donors (Lipinski definition) is 3. The summed E-state index contributed by atoms with van der Waals surface area (Å²) in [5, 5.41) is 24.0. The smallest absolute Gasteiger partial charge is 0.369 e. The van der Waals surface area contributed by atoms with E-state index in [4.69, 9.17) is 15.2 Å². The van der Waals surface area contributed by atoms with Gasteiger partial charge in [0.1, 0.15) is 27.1 Å². The molecule has 37 heavy (non-hydrogen) atoms. The zero-order chi connectivity index (χ0) is 26.7. The highest BCUT2D eigenvalue weighted by Crippen LogP contribution is 2.47. The number of nitriles is 1.